The maximum atomic E-state index is 11.5. The smallest absolute Gasteiger partial charge is 0.133 e. The maximum Gasteiger partial charge on any atom is 0.133 e. The third kappa shape index (κ3) is 3.46. The van der Waals surface area contributed by atoms with Crippen molar-refractivity contribution in [3.63, 3.8) is 0 Å². The summed E-state index contributed by atoms with van der Waals surface area (Å²) in [6, 6.07) is 0. The van der Waals surface area contributed by atoms with Crippen molar-refractivity contribution in [2.75, 3.05) is 5.88 Å². The lowest BCUT2D eigenvalue weighted by molar-refractivity contribution is -0.120. The van der Waals surface area contributed by atoms with E-state index in [1.165, 1.54) is 0 Å². The Bertz CT molecular complexity index is 401. The Kier molecular flexibility index (Phi) is 5.47. The predicted molar refractivity (Wildman–Crippen MR) is 70.8 cm³/mol. The lowest BCUT2D eigenvalue weighted by Crippen LogP contribution is -2.16. The van der Waals surface area contributed by atoms with Crippen LogP contribution < -0.4 is 0 Å². The van der Waals surface area contributed by atoms with Gasteiger partial charge in [-0.3, -0.25) is 9.48 Å². The molecule has 0 saturated carbocycles. The van der Waals surface area contributed by atoms with Crippen LogP contribution in [0.4, 0.5) is 0 Å². The van der Waals surface area contributed by atoms with Crippen LogP contribution in [0.2, 0.25) is 5.02 Å². The van der Waals surface area contributed by atoms with Gasteiger partial charge in [-0.15, -0.1) is 11.6 Å². The molecule has 5 heteroatoms. The Morgan fingerprint density at radius 1 is 1.53 bits per heavy atom. The van der Waals surface area contributed by atoms with Gasteiger partial charge in [0, 0.05) is 25.3 Å². The molecule has 0 saturated heterocycles. The molecule has 0 spiro atoms. The van der Waals surface area contributed by atoms with Crippen molar-refractivity contribution in [2.24, 2.45) is 13.0 Å². The highest BCUT2D eigenvalue weighted by atomic mass is 35.5. The van der Waals surface area contributed by atoms with Gasteiger partial charge in [-0.1, -0.05) is 18.5 Å². The molecular formula is C12H18Cl2N2O. The van der Waals surface area contributed by atoms with Gasteiger partial charge < -0.3 is 0 Å². The van der Waals surface area contributed by atoms with Gasteiger partial charge in [-0.25, -0.2) is 0 Å². The highest BCUT2D eigenvalue weighted by Crippen LogP contribution is 2.25. The van der Waals surface area contributed by atoms with Crippen molar-refractivity contribution in [1.29, 1.82) is 0 Å². The van der Waals surface area contributed by atoms with Crippen molar-refractivity contribution >= 4 is 29.0 Å². The summed E-state index contributed by atoms with van der Waals surface area (Å²) >= 11 is 12.0. The van der Waals surface area contributed by atoms with Crippen molar-refractivity contribution in [1.82, 2.24) is 9.78 Å². The number of hydrogen-bond donors (Lipinski definition) is 0. The molecule has 0 amide bonds. The summed E-state index contributed by atoms with van der Waals surface area (Å²) in [4.78, 5) is 11.5. The topological polar surface area (TPSA) is 34.9 Å². The highest BCUT2D eigenvalue weighted by Gasteiger charge is 2.20. The second kappa shape index (κ2) is 6.41. The fraction of sp³-hybridized carbons (Fsp3) is 0.667. The van der Waals surface area contributed by atoms with E-state index in [1.807, 2.05) is 14.0 Å². The Hall–Kier alpha value is -0.540. The van der Waals surface area contributed by atoms with E-state index in [1.54, 1.807) is 11.6 Å². The lowest BCUT2D eigenvalue weighted by atomic mass is 9.96. The molecule has 0 N–H and O–H groups in total. The summed E-state index contributed by atoms with van der Waals surface area (Å²) in [6.07, 6.45) is 2.09. The molecule has 0 fully saturated rings. The molecule has 96 valence electrons. The van der Waals surface area contributed by atoms with Gasteiger partial charge in [0.1, 0.15) is 5.78 Å². The minimum atomic E-state index is -0.0647. The predicted octanol–water partition coefficient (Wildman–Crippen LogP) is 3.01. The van der Waals surface area contributed by atoms with Gasteiger partial charge in [0.2, 0.25) is 0 Å². The third-order valence-corrected chi connectivity index (χ3v) is 3.63. The van der Waals surface area contributed by atoms with Crippen molar-refractivity contribution in [3.8, 4) is 0 Å². The molecule has 0 radical (unpaired) electrons. The van der Waals surface area contributed by atoms with Gasteiger partial charge in [0.05, 0.1) is 16.4 Å². The quantitative estimate of drug-likeness (QED) is 0.749. The molecule has 0 aliphatic rings. The molecule has 1 rings (SSSR count). The second-order valence-corrected chi connectivity index (χ2v) is 4.93. The van der Waals surface area contributed by atoms with E-state index in [9.17, 15) is 4.79 Å². The molecule has 0 bridgehead atoms. The molecule has 1 aromatic heterocycles. The van der Waals surface area contributed by atoms with E-state index in [0.717, 1.165) is 17.8 Å². The first-order chi connectivity index (χ1) is 8.01. The van der Waals surface area contributed by atoms with E-state index in [4.69, 9.17) is 23.2 Å². The van der Waals surface area contributed by atoms with Gasteiger partial charge in [-0.05, 0) is 19.8 Å². The van der Waals surface area contributed by atoms with Crippen molar-refractivity contribution < 1.29 is 4.79 Å². The molecule has 1 unspecified atom stereocenters. The van der Waals surface area contributed by atoms with E-state index in [-0.39, 0.29) is 11.7 Å². The normalized spacial score (nSPS) is 12.8. The van der Waals surface area contributed by atoms with Crippen LogP contribution in [-0.2, 0) is 24.7 Å². The minimum absolute atomic E-state index is 0.0647. The van der Waals surface area contributed by atoms with Crippen LogP contribution in [0.1, 0.15) is 31.7 Å². The number of aryl methyl sites for hydroxylation is 2. The third-order valence-electron chi connectivity index (χ3n) is 2.98. The number of carbonyl (C=O) groups excluding carboxylic acids is 1. The number of rotatable bonds is 6. The molecule has 0 aliphatic heterocycles. The van der Waals surface area contributed by atoms with Crippen LogP contribution in [-0.4, -0.2) is 21.4 Å². The first-order valence-corrected chi connectivity index (χ1v) is 6.69. The number of Topliss-reactive ketones (excluding diaryl/α,β-unsaturated/α-hetero) is 1. The van der Waals surface area contributed by atoms with Gasteiger partial charge in [0.25, 0.3) is 0 Å². The van der Waals surface area contributed by atoms with Gasteiger partial charge in [-0.2, -0.15) is 5.10 Å². The maximum absolute atomic E-state index is 11.5. The first kappa shape index (κ1) is 14.5. The summed E-state index contributed by atoms with van der Waals surface area (Å²) in [5.74, 6) is 0.575. The molecule has 3 nitrogen and oxygen atoms in total. The van der Waals surface area contributed by atoms with E-state index in [0.29, 0.717) is 23.7 Å². The number of nitrogens with zero attached hydrogens (tertiary/aromatic N) is 2. The van der Waals surface area contributed by atoms with Crippen LogP contribution in [0, 0.1) is 5.92 Å². The molecule has 1 aromatic rings. The zero-order valence-corrected chi connectivity index (χ0v) is 12.0. The zero-order chi connectivity index (χ0) is 13.0. The van der Waals surface area contributed by atoms with Crippen LogP contribution >= 0.6 is 23.2 Å². The number of hydrogen-bond acceptors (Lipinski definition) is 2. The van der Waals surface area contributed by atoms with Crippen molar-refractivity contribution in [3.05, 3.63) is 16.4 Å². The average molecular weight is 277 g/mol. The van der Waals surface area contributed by atoms with Gasteiger partial charge in [0.15, 0.2) is 0 Å². The van der Waals surface area contributed by atoms with Crippen molar-refractivity contribution in [2.45, 2.75) is 33.1 Å². The molecule has 1 atom stereocenters. The number of ketones is 1. The lowest BCUT2D eigenvalue weighted by Gasteiger charge is -2.12. The first-order valence-electron chi connectivity index (χ1n) is 5.77. The molecule has 0 aliphatic carbocycles. The van der Waals surface area contributed by atoms with E-state index >= 15 is 0 Å². The largest absolute Gasteiger partial charge is 0.300 e. The Morgan fingerprint density at radius 3 is 2.59 bits per heavy atom. The van der Waals surface area contributed by atoms with E-state index < -0.39 is 0 Å². The molecule has 0 aromatic carbocycles. The van der Waals surface area contributed by atoms with E-state index in [2.05, 4.69) is 5.10 Å². The summed E-state index contributed by atoms with van der Waals surface area (Å²) in [6.45, 7) is 3.61. The fourth-order valence-electron chi connectivity index (χ4n) is 1.86. The van der Waals surface area contributed by atoms with Crippen LogP contribution in [0.3, 0.4) is 0 Å². The number of carbonyl (C=O) groups is 1. The SMILES string of the molecule is CCc1nn(C)c(CC(CCCl)C(C)=O)c1Cl. The number of alkyl halides is 1. The van der Waals surface area contributed by atoms with Crippen LogP contribution in [0.15, 0.2) is 0 Å². The molecular weight excluding hydrogens is 259 g/mol. The second-order valence-electron chi connectivity index (χ2n) is 4.17. The summed E-state index contributed by atoms with van der Waals surface area (Å²) < 4.78 is 1.77. The Morgan fingerprint density at radius 2 is 2.18 bits per heavy atom. The zero-order valence-electron chi connectivity index (χ0n) is 10.5. The Balaban J connectivity index is 2.92. The molecule has 1 heterocycles. The van der Waals surface area contributed by atoms with Gasteiger partial charge >= 0.3 is 0 Å². The monoisotopic (exact) mass is 276 g/mol. The summed E-state index contributed by atoms with van der Waals surface area (Å²) in [5.41, 5.74) is 1.81. The number of halogens is 2. The minimum Gasteiger partial charge on any atom is -0.300 e. The fourth-order valence-corrected chi connectivity index (χ4v) is 2.49. The standard InChI is InChI=1S/C12H18Cl2N2O/c1-4-10-12(14)11(16(3)15-10)7-9(5-6-13)8(2)17/h9H,4-7H2,1-3H3. The highest BCUT2D eigenvalue weighted by molar-refractivity contribution is 6.31. The summed E-state index contributed by atoms with van der Waals surface area (Å²) in [5, 5.41) is 5.03. The van der Waals surface area contributed by atoms with Crippen LogP contribution in [0.5, 0.6) is 0 Å². The Labute approximate surface area is 112 Å². The molecule has 17 heavy (non-hydrogen) atoms. The number of aromatic nitrogens is 2. The average Bonchev–Trinajstić information content (AvgIpc) is 2.55. The summed E-state index contributed by atoms with van der Waals surface area (Å²) in [7, 11) is 1.86. The van der Waals surface area contributed by atoms with Crippen LogP contribution in [0.25, 0.3) is 0 Å².